The van der Waals surface area contributed by atoms with Gasteiger partial charge < -0.3 is 16.0 Å². The molecule has 0 aliphatic carbocycles. The van der Waals surface area contributed by atoms with Crippen LogP contribution in [0.3, 0.4) is 0 Å². The Bertz CT molecular complexity index is 161. The molecular weight excluding hydrogens is 186 g/mol. The minimum Gasteiger partial charge on any atom is -0.329 e. The Hall–Kier alpha value is -0.120. The van der Waals surface area contributed by atoms with Gasteiger partial charge in [0.05, 0.1) is 0 Å². The van der Waals surface area contributed by atoms with E-state index in [0.717, 1.165) is 19.1 Å². The molecule has 1 aliphatic rings. The van der Waals surface area contributed by atoms with Gasteiger partial charge in [0, 0.05) is 18.6 Å². The van der Waals surface area contributed by atoms with Crippen LogP contribution in [0.15, 0.2) is 0 Å². The van der Waals surface area contributed by atoms with E-state index in [0.29, 0.717) is 6.04 Å². The molecule has 90 valence electrons. The topological polar surface area (TPSA) is 41.3 Å². The van der Waals surface area contributed by atoms with Crippen molar-refractivity contribution in [2.45, 2.75) is 51.6 Å². The summed E-state index contributed by atoms with van der Waals surface area (Å²) in [5.74, 6) is 0. The summed E-state index contributed by atoms with van der Waals surface area (Å²) in [6.07, 6.45) is 5.43. The number of hydrogen-bond donors (Lipinski definition) is 2. The van der Waals surface area contributed by atoms with E-state index in [9.17, 15) is 0 Å². The van der Waals surface area contributed by atoms with E-state index in [1.165, 1.54) is 38.8 Å². The molecule has 0 aromatic heterocycles. The molecule has 2 unspecified atom stereocenters. The van der Waals surface area contributed by atoms with Crippen LogP contribution in [-0.4, -0.2) is 43.2 Å². The lowest BCUT2D eigenvalue weighted by atomic mass is 10.0. The average molecular weight is 213 g/mol. The van der Waals surface area contributed by atoms with Crippen LogP contribution in [0.25, 0.3) is 0 Å². The summed E-state index contributed by atoms with van der Waals surface area (Å²) in [7, 11) is 0. The van der Waals surface area contributed by atoms with Crippen LogP contribution in [0.5, 0.6) is 0 Å². The third-order valence-corrected chi connectivity index (χ3v) is 3.41. The molecule has 1 rings (SSSR count). The molecule has 2 atom stereocenters. The predicted molar refractivity (Wildman–Crippen MR) is 66.0 cm³/mol. The number of piperidine rings is 1. The first-order valence-corrected chi connectivity index (χ1v) is 6.41. The van der Waals surface area contributed by atoms with Crippen molar-refractivity contribution < 1.29 is 0 Å². The molecule has 1 aliphatic heterocycles. The Balaban J connectivity index is 2.03. The van der Waals surface area contributed by atoms with Gasteiger partial charge in [-0.25, -0.2) is 0 Å². The molecule has 1 saturated heterocycles. The molecule has 0 amide bonds. The average Bonchev–Trinajstić information content (AvgIpc) is 2.26. The predicted octanol–water partition coefficient (Wildman–Crippen LogP) is 1.19. The smallest absolute Gasteiger partial charge is 0.0161 e. The van der Waals surface area contributed by atoms with Gasteiger partial charge in [-0.05, 0) is 52.7 Å². The number of rotatable bonds is 6. The normalized spacial score (nSPS) is 25.4. The Morgan fingerprint density at radius 3 is 2.93 bits per heavy atom. The second-order valence-corrected chi connectivity index (χ2v) is 4.83. The summed E-state index contributed by atoms with van der Waals surface area (Å²) >= 11 is 0. The van der Waals surface area contributed by atoms with Gasteiger partial charge in [-0.15, -0.1) is 0 Å². The summed E-state index contributed by atoms with van der Waals surface area (Å²) < 4.78 is 0. The van der Waals surface area contributed by atoms with Crippen molar-refractivity contribution in [3.05, 3.63) is 0 Å². The van der Waals surface area contributed by atoms with Gasteiger partial charge in [0.2, 0.25) is 0 Å². The van der Waals surface area contributed by atoms with E-state index < -0.39 is 0 Å². The van der Waals surface area contributed by atoms with E-state index in [-0.39, 0.29) is 0 Å². The zero-order chi connectivity index (χ0) is 11.1. The SMILES string of the molecule is CC(CN)NCCCN1CCCCC1C. The van der Waals surface area contributed by atoms with Gasteiger partial charge in [0.1, 0.15) is 0 Å². The first kappa shape index (κ1) is 12.9. The van der Waals surface area contributed by atoms with Crippen LogP contribution in [0.1, 0.15) is 39.5 Å². The van der Waals surface area contributed by atoms with Crippen molar-refractivity contribution in [2.24, 2.45) is 5.73 Å². The highest BCUT2D eigenvalue weighted by Crippen LogP contribution is 2.15. The molecule has 0 saturated carbocycles. The lowest BCUT2D eigenvalue weighted by molar-refractivity contribution is 0.158. The summed E-state index contributed by atoms with van der Waals surface area (Å²) in [6.45, 7) is 8.87. The fourth-order valence-corrected chi connectivity index (χ4v) is 2.20. The number of nitrogens with zero attached hydrogens (tertiary/aromatic N) is 1. The van der Waals surface area contributed by atoms with Crippen molar-refractivity contribution in [1.82, 2.24) is 10.2 Å². The van der Waals surface area contributed by atoms with Gasteiger partial charge in [-0.2, -0.15) is 0 Å². The highest BCUT2D eigenvalue weighted by atomic mass is 15.2. The molecule has 3 N–H and O–H groups in total. The standard InChI is InChI=1S/C12H27N3/c1-11(10-13)14-7-5-9-15-8-4-3-6-12(15)2/h11-12,14H,3-10,13H2,1-2H3. The Labute approximate surface area is 94.4 Å². The molecule has 15 heavy (non-hydrogen) atoms. The van der Waals surface area contributed by atoms with E-state index >= 15 is 0 Å². The van der Waals surface area contributed by atoms with Gasteiger partial charge in [-0.3, -0.25) is 0 Å². The number of nitrogens with one attached hydrogen (secondary N) is 1. The molecule has 0 radical (unpaired) electrons. The van der Waals surface area contributed by atoms with Crippen LogP contribution >= 0.6 is 0 Å². The largest absolute Gasteiger partial charge is 0.329 e. The van der Waals surface area contributed by atoms with Crippen molar-refractivity contribution in [3.63, 3.8) is 0 Å². The van der Waals surface area contributed by atoms with Crippen LogP contribution in [0.4, 0.5) is 0 Å². The minimum atomic E-state index is 0.462. The molecule has 3 heteroatoms. The lowest BCUT2D eigenvalue weighted by Crippen LogP contribution is -2.40. The van der Waals surface area contributed by atoms with Crippen molar-refractivity contribution in [3.8, 4) is 0 Å². The highest BCUT2D eigenvalue weighted by molar-refractivity contribution is 4.73. The first-order chi connectivity index (χ1) is 7.24. The van der Waals surface area contributed by atoms with Gasteiger partial charge in [-0.1, -0.05) is 6.42 Å². The maximum atomic E-state index is 5.55. The third kappa shape index (κ3) is 4.96. The van der Waals surface area contributed by atoms with Crippen molar-refractivity contribution in [1.29, 1.82) is 0 Å². The summed E-state index contributed by atoms with van der Waals surface area (Å²) in [4.78, 5) is 2.62. The van der Waals surface area contributed by atoms with Crippen LogP contribution in [0, 0.1) is 0 Å². The van der Waals surface area contributed by atoms with Crippen molar-refractivity contribution >= 4 is 0 Å². The number of nitrogens with two attached hydrogens (primary N) is 1. The molecular formula is C12H27N3. The summed E-state index contributed by atoms with van der Waals surface area (Å²) in [5, 5.41) is 3.44. The van der Waals surface area contributed by atoms with Crippen LogP contribution < -0.4 is 11.1 Å². The quantitative estimate of drug-likeness (QED) is 0.651. The molecule has 0 aromatic carbocycles. The number of hydrogen-bond acceptors (Lipinski definition) is 3. The summed E-state index contributed by atoms with van der Waals surface area (Å²) in [6, 6.07) is 1.26. The van der Waals surface area contributed by atoms with Gasteiger partial charge >= 0.3 is 0 Å². The van der Waals surface area contributed by atoms with Crippen LogP contribution in [0.2, 0.25) is 0 Å². The minimum absolute atomic E-state index is 0.462. The molecule has 0 spiro atoms. The molecule has 0 aromatic rings. The lowest BCUT2D eigenvalue weighted by Gasteiger charge is -2.33. The maximum absolute atomic E-state index is 5.55. The van der Waals surface area contributed by atoms with Crippen molar-refractivity contribution in [2.75, 3.05) is 26.2 Å². The van der Waals surface area contributed by atoms with E-state index in [4.69, 9.17) is 5.73 Å². The fraction of sp³-hybridized carbons (Fsp3) is 1.00. The monoisotopic (exact) mass is 213 g/mol. The second kappa shape index (κ2) is 7.20. The van der Waals surface area contributed by atoms with E-state index in [1.807, 2.05) is 0 Å². The number of likely N-dealkylation sites (tertiary alicyclic amines) is 1. The summed E-state index contributed by atoms with van der Waals surface area (Å²) in [5.41, 5.74) is 5.55. The van der Waals surface area contributed by atoms with Gasteiger partial charge in [0.15, 0.2) is 0 Å². The Morgan fingerprint density at radius 1 is 1.47 bits per heavy atom. The maximum Gasteiger partial charge on any atom is 0.0161 e. The zero-order valence-corrected chi connectivity index (χ0v) is 10.3. The molecule has 0 bridgehead atoms. The zero-order valence-electron chi connectivity index (χ0n) is 10.3. The Morgan fingerprint density at radius 2 is 2.27 bits per heavy atom. The second-order valence-electron chi connectivity index (χ2n) is 4.83. The van der Waals surface area contributed by atoms with E-state index in [1.54, 1.807) is 0 Å². The Kier molecular flexibility index (Phi) is 6.22. The molecule has 1 fully saturated rings. The molecule has 1 heterocycles. The highest BCUT2D eigenvalue weighted by Gasteiger charge is 2.16. The van der Waals surface area contributed by atoms with E-state index in [2.05, 4.69) is 24.1 Å². The third-order valence-electron chi connectivity index (χ3n) is 3.41. The first-order valence-electron chi connectivity index (χ1n) is 6.41. The molecule has 3 nitrogen and oxygen atoms in total. The van der Waals surface area contributed by atoms with Gasteiger partial charge in [0.25, 0.3) is 0 Å². The fourth-order valence-electron chi connectivity index (χ4n) is 2.20. The van der Waals surface area contributed by atoms with Crippen LogP contribution in [-0.2, 0) is 0 Å².